The Kier molecular flexibility index (Phi) is 4.77. The summed E-state index contributed by atoms with van der Waals surface area (Å²) in [5, 5.41) is 6.32. The third-order valence-corrected chi connectivity index (χ3v) is 7.72. The maximum Gasteiger partial charge on any atom is 0.246 e. The summed E-state index contributed by atoms with van der Waals surface area (Å²) in [5.41, 5.74) is 1.15. The third-order valence-electron chi connectivity index (χ3n) is 5.86. The Hall–Kier alpha value is -2.19. The average Bonchev–Trinajstić information content (AvgIpc) is 3.22. The van der Waals surface area contributed by atoms with Crippen LogP contribution in [0.5, 0.6) is 0 Å². The molecule has 2 aromatic rings. The van der Waals surface area contributed by atoms with Crippen LogP contribution < -0.4 is 0 Å². The Labute approximate surface area is 159 Å². The summed E-state index contributed by atoms with van der Waals surface area (Å²) in [7, 11) is -3.49. The quantitative estimate of drug-likeness (QED) is 0.868. The summed E-state index contributed by atoms with van der Waals surface area (Å²) >= 11 is 0. The van der Waals surface area contributed by atoms with E-state index in [0.717, 1.165) is 24.8 Å². The van der Waals surface area contributed by atoms with Gasteiger partial charge in [0.15, 0.2) is 0 Å². The summed E-state index contributed by atoms with van der Waals surface area (Å²) in [6.45, 7) is 2.31. The Bertz CT molecular complexity index is 888. The summed E-state index contributed by atoms with van der Waals surface area (Å²) in [5.74, 6) is 0.193. The summed E-state index contributed by atoms with van der Waals surface area (Å²) in [6.07, 6.45) is 5.71. The smallest absolute Gasteiger partial charge is 0.246 e. The van der Waals surface area contributed by atoms with Gasteiger partial charge in [0, 0.05) is 38.8 Å². The number of carbonyl (C=O) groups excluding carboxylic acids is 1. The first-order valence-corrected chi connectivity index (χ1v) is 10.7. The average molecular weight is 388 g/mol. The van der Waals surface area contributed by atoms with E-state index in [4.69, 9.17) is 0 Å². The van der Waals surface area contributed by atoms with E-state index in [2.05, 4.69) is 10.2 Å². The van der Waals surface area contributed by atoms with Crippen molar-refractivity contribution in [3.8, 4) is 0 Å². The molecule has 0 unspecified atom stereocenters. The van der Waals surface area contributed by atoms with Gasteiger partial charge in [-0.05, 0) is 30.2 Å². The van der Waals surface area contributed by atoms with Crippen LogP contribution in [0.15, 0.2) is 47.6 Å². The van der Waals surface area contributed by atoms with Crippen LogP contribution in [0.4, 0.5) is 0 Å². The van der Waals surface area contributed by atoms with Gasteiger partial charge < -0.3 is 4.90 Å². The Morgan fingerprint density at radius 3 is 2.52 bits per heavy atom. The normalized spacial score (nSPS) is 20.9. The van der Waals surface area contributed by atoms with Crippen LogP contribution in [0.3, 0.4) is 0 Å². The van der Waals surface area contributed by atoms with Gasteiger partial charge in [-0.25, -0.2) is 8.42 Å². The van der Waals surface area contributed by atoms with Gasteiger partial charge in [-0.15, -0.1) is 0 Å². The molecule has 2 aliphatic rings. The lowest BCUT2D eigenvalue weighted by Gasteiger charge is -2.47. The lowest BCUT2D eigenvalue weighted by Crippen LogP contribution is -2.52. The fraction of sp³-hybridized carbons (Fsp3) is 0.474. The van der Waals surface area contributed by atoms with Crippen molar-refractivity contribution >= 4 is 15.9 Å². The molecule has 4 rings (SSSR count). The minimum Gasteiger partial charge on any atom is -0.338 e. The molecule has 1 aromatic carbocycles. The Morgan fingerprint density at radius 2 is 1.85 bits per heavy atom. The summed E-state index contributed by atoms with van der Waals surface area (Å²) in [6, 6.07) is 10.0. The van der Waals surface area contributed by atoms with Crippen molar-refractivity contribution in [2.24, 2.45) is 5.41 Å². The lowest BCUT2D eigenvalue weighted by molar-refractivity contribution is -0.139. The van der Waals surface area contributed by atoms with Crippen molar-refractivity contribution < 1.29 is 13.2 Å². The van der Waals surface area contributed by atoms with Crippen LogP contribution in [0.2, 0.25) is 0 Å². The zero-order valence-electron chi connectivity index (χ0n) is 15.2. The van der Waals surface area contributed by atoms with E-state index in [1.807, 2.05) is 35.2 Å². The van der Waals surface area contributed by atoms with Gasteiger partial charge in [-0.3, -0.25) is 9.89 Å². The molecule has 1 amide bonds. The molecule has 2 aliphatic heterocycles. The largest absolute Gasteiger partial charge is 0.338 e. The van der Waals surface area contributed by atoms with Gasteiger partial charge in [0.05, 0.1) is 6.20 Å². The second kappa shape index (κ2) is 7.09. The van der Waals surface area contributed by atoms with Crippen molar-refractivity contribution in [1.82, 2.24) is 19.4 Å². The number of amides is 1. The molecule has 27 heavy (non-hydrogen) atoms. The maximum absolute atomic E-state index is 12.7. The van der Waals surface area contributed by atoms with Gasteiger partial charge in [-0.1, -0.05) is 30.3 Å². The monoisotopic (exact) mass is 388 g/mol. The maximum atomic E-state index is 12.7. The number of hydrogen-bond acceptors (Lipinski definition) is 4. The van der Waals surface area contributed by atoms with Crippen molar-refractivity contribution in [2.75, 3.05) is 19.6 Å². The predicted octanol–water partition coefficient (Wildman–Crippen LogP) is 2.00. The Morgan fingerprint density at radius 1 is 1.11 bits per heavy atom. The first kappa shape index (κ1) is 18.2. The molecule has 2 saturated heterocycles. The number of benzene rings is 1. The molecule has 1 spiro atoms. The third kappa shape index (κ3) is 3.64. The first-order chi connectivity index (χ1) is 13.0. The van der Waals surface area contributed by atoms with E-state index in [1.165, 1.54) is 12.4 Å². The molecule has 1 N–H and O–H groups in total. The first-order valence-electron chi connectivity index (χ1n) is 9.29. The molecule has 0 saturated carbocycles. The fourth-order valence-corrected chi connectivity index (χ4v) is 5.54. The molecule has 144 valence electrons. The second-order valence-electron chi connectivity index (χ2n) is 7.57. The molecule has 0 radical (unpaired) electrons. The van der Waals surface area contributed by atoms with Crippen molar-refractivity contribution in [3.05, 3.63) is 48.3 Å². The van der Waals surface area contributed by atoms with E-state index in [-0.39, 0.29) is 16.2 Å². The number of sulfonamides is 1. The Balaban J connectivity index is 1.43. The molecule has 0 aliphatic carbocycles. The van der Waals surface area contributed by atoms with Crippen LogP contribution in [-0.2, 0) is 21.4 Å². The molecule has 0 bridgehead atoms. The van der Waals surface area contributed by atoms with Crippen LogP contribution in [0.1, 0.15) is 31.2 Å². The molecule has 7 nitrogen and oxygen atoms in total. The number of likely N-dealkylation sites (tertiary alicyclic amines) is 1. The van der Waals surface area contributed by atoms with E-state index in [0.29, 0.717) is 32.6 Å². The minimum atomic E-state index is -3.49. The number of hydrogen-bond donors (Lipinski definition) is 1. The van der Waals surface area contributed by atoms with Gasteiger partial charge in [-0.2, -0.15) is 9.40 Å². The molecule has 2 fully saturated rings. The number of piperidine rings is 2. The number of nitrogens with zero attached hydrogens (tertiary/aromatic N) is 3. The minimum absolute atomic E-state index is 0.0190. The molecule has 1 aromatic heterocycles. The van der Waals surface area contributed by atoms with E-state index in [9.17, 15) is 13.2 Å². The van der Waals surface area contributed by atoms with Crippen LogP contribution in [0.25, 0.3) is 0 Å². The van der Waals surface area contributed by atoms with Gasteiger partial charge in [0.2, 0.25) is 15.9 Å². The highest BCUT2D eigenvalue weighted by Gasteiger charge is 2.43. The molecule has 3 heterocycles. The van der Waals surface area contributed by atoms with E-state index in [1.54, 1.807) is 4.31 Å². The highest BCUT2D eigenvalue weighted by Crippen LogP contribution is 2.41. The molecular weight excluding hydrogens is 364 g/mol. The number of aromatic amines is 1. The van der Waals surface area contributed by atoms with Crippen LogP contribution in [-0.4, -0.2) is 53.4 Å². The number of H-pyrrole nitrogens is 1. The molecular formula is C19H24N4O3S. The van der Waals surface area contributed by atoms with Crippen LogP contribution >= 0.6 is 0 Å². The van der Waals surface area contributed by atoms with E-state index >= 15 is 0 Å². The standard InChI is InChI=1S/C19H24N4O3S/c24-18-6-7-19(15-22(18)14-16-4-2-1-3-5-16)8-10-23(11-9-19)27(25,26)17-12-20-21-13-17/h1-5,12-13H,6-11,14-15H2,(H,20,21). The fourth-order valence-electron chi connectivity index (χ4n) is 4.19. The lowest BCUT2D eigenvalue weighted by atomic mass is 9.72. The van der Waals surface area contributed by atoms with Crippen molar-refractivity contribution in [1.29, 1.82) is 0 Å². The van der Waals surface area contributed by atoms with Gasteiger partial charge in [0.1, 0.15) is 4.90 Å². The van der Waals surface area contributed by atoms with Crippen LogP contribution in [0, 0.1) is 5.41 Å². The number of nitrogens with one attached hydrogen (secondary N) is 1. The number of aromatic nitrogens is 2. The highest BCUT2D eigenvalue weighted by molar-refractivity contribution is 7.89. The predicted molar refractivity (Wildman–Crippen MR) is 100 cm³/mol. The van der Waals surface area contributed by atoms with Gasteiger partial charge >= 0.3 is 0 Å². The summed E-state index contributed by atoms with van der Waals surface area (Å²) in [4.78, 5) is 14.6. The van der Waals surface area contributed by atoms with Crippen molar-refractivity contribution in [3.63, 3.8) is 0 Å². The highest BCUT2D eigenvalue weighted by atomic mass is 32.2. The topological polar surface area (TPSA) is 86.4 Å². The number of carbonyl (C=O) groups is 1. The van der Waals surface area contributed by atoms with E-state index < -0.39 is 10.0 Å². The zero-order valence-corrected chi connectivity index (χ0v) is 16.0. The van der Waals surface area contributed by atoms with Gasteiger partial charge in [0.25, 0.3) is 0 Å². The second-order valence-corrected chi connectivity index (χ2v) is 9.51. The zero-order chi connectivity index (χ0) is 18.9. The summed E-state index contributed by atoms with van der Waals surface area (Å²) < 4.78 is 26.9. The number of rotatable bonds is 4. The molecule has 8 heteroatoms. The SMILES string of the molecule is O=C1CCC2(CCN(S(=O)(=O)c3cn[nH]c3)CC2)CN1Cc1ccccc1. The molecule has 0 atom stereocenters. The van der Waals surface area contributed by atoms with Crippen molar-refractivity contribution in [2.45, 2.75) is 37.1 Å².